The molecule has 1 atom stereocenters. The smallest absolute Gasteiger partial charge is 0.148 e. The summed E-state index contributed by atoms with van der Waals surface area (Å²) >= 11 is 0. The average molecular weight is 279 g/mol. The third kappa shape index (κ3) is 12.6. The molecule has 0 fully saturated rings. The third-order valence-corrected chi connectivity index (χ3v) is 1.23. The molecule has 0 aromatic rings. The molecule has 0 radical (unpaired) electrons. The quantitative estimate of drug-likeness (QED) is 0.569. The number of hydrogen-bond donors (Lipinski definition) is 0. The van der Waals surface area contributed by atoms with Crippen LogP contribution in [-0.2, 0) is 9.09 Å². The molecule has 0 saturated carbocycles. The third-order valence-electron chi connectivity index (χ3n) is 0.909. The average Bonchev–Trinajstić information content (AvgIpc) is 1.81. The number of hydrogen-bond acceptors (Lipinski definition) is 2. The van der Waals surface area contributed by atoms with E-state index in [0.717, 1.165) is 6.42 Å². The molecule has 2 nitrogen and oxygen atoms in total. The van der Waals surface area contributed by atoms with Crippen LogP contribution in [0.15, 0.2) is 0 Å². The van der Waals surface area contributed by atoms with Gasteiger partial charge in [-0.05, 0) is 11.0 Å². The standard InChI is InChI=1S/C5H12O2P.Nd/c1-2-3-4-5-7-8-6;/h8H,2-5H2,1H3;/q+1;. The van der Waals surface area contributed by atoms with Crippen molar-refractivity contribution in [3.05, 3.63) is 0 Å². The van der Waals surface area contributed by atoms with Crippen LogP contribution in [0.3, 0.4) is 0 Å². The van der Waals surface area contributed by atoms with Gasteiger partial charge in [0.15, 0.2) is 0 Å². The van der Waals surface area contributed by atoms with Gasteiger partial charge in [-0.15, -0.1) is 4.52 Å². The van der Waals surface area contributed by atoms with Gasteiger partial charge < -0.3 is 0 Å². The van der Waals surface area contributed by atoms with Crippen LogP contribution in [0.4, 0.5) is 0 Å². The Kier molecular flexibility index (Phi) is 17.6. The molecule has 0 amide bonds. The minimum Gasteiger partial charge on any atom is -0.148 e. The van der Waals surface area contributed by atoms with Crippen LogP contribution in [0.2, 0.25) is 0 Å². The fourth-order valence-electron chi connectivity index (χ4n) is 0.466. The fraction of sp³-hybridized carbons (Fsp3) is 1.00. The predicted molar refractivity (Wildman–Crippen MR) is 34.5 cm³/mol. The van der Waals surface area contributed by atoms with Crippen LogP contribution in [0.5, 0.6) is 0 Å². The molecule has 0 saturated heterocycles. The largest absolute Gasteiger partial charge is 0.494 e. The van der Waals surface area contributed by atoms with Crippen molar-refractivity contribution in [1.29, 1.82) is 0 Å². The Balaban J connectivity index is 0. The van der Waals surface area contributed by atoms with E-state index in [9.17, 15) is 4.57 Å². The maximum Gasteiger partial charge on any atom is 0.494 e. The Labute approximate surface area is 90.5 Å². The summed E-state index contributed by atoms with van der Waals surface area (Å²) in [5, 5.41) is 0. The van der Waals surface area contributed by atoms with Gasteiger partial charge in [0, 0.05) is 40.8 Å². The summed E-state index contributed by atoms with van der Waals surface area (Å²) in [6.45, 7) is 2.77. The fourth-order valence-corrected chi connectivity index (χ4v) is 0.694. The summed E-state index contributed by atoms with van der Waals surface area (Å²) in [6.07, 6.45) is 3.39. The first-order valence-corrected chi connectivity index (χ1v) is 3.72. The zero-order valence-corrected chi connectivity index (χ0v) is 9.85. The molecule has 0 aliphatic heterocycles. The van der Waals surface area contributed by atoms with Crippen molar-refractivity contribution >= 4 is 8.69 Å². The van der Waals surface area contributed by atoms with Gasteiger partial charge in [-0.3, -0.25) is 0 Å². The second-order valence-electron chi connectivity index (χ2n) is 1.64. The minimum absolute atomic E-state index is 0. The Hall–Kier alpha value is 1.41. The molecule has 0 aromatic carbocycles. The van der Waals surface area contributed by atoms with Crippen molar-refractivity contribution in [2.75, 3.05) is 6.61 Å². The molecule has 0 N–H and O–H groups in total. The first-order valence-electron chi connectivity index (χ1n) is 2.90. The van der Waals surface area contributed by atoms with Crippen LogP contribution in [0.1, 0.15) is 26.2 Å². The molecule has 0 heterocycles. The topological polar surface area (TPSA) is 26.3 Å². The maximum absolute atomic E-state index is 9.70. The van der Waals surface area contributed by atoms with Gasteiger partial charge in [0.2, 0.25) is 0 Å². The van der Waals surface area contributed by atoms with E-state index in [-0.39, 0.29) is 40.8 Å². The van der Waals surface area contributed by atoms with E-state index >= 15 is 0 Å². The van der Waals surface area contributed by atoms with Gasteiger partial charge in [0.05, 0.1) is 0 Å². The Morgan fingerprint density at radius 1 is 1.44 bits per heavy atom. The molecule has 1 unspecified atom stereocenters. The summed E-state index contributed by atoms with van der Waals surface area (Å²) in [4.78, 5) is 0. The van der Waals surface area contributed by atoms with E-state index in [1.807, 2.05) is 0 Å². The molecule has 0 aromatic heterocycles. The molecule has 52 valence electrons. The normalized spacial score (nSPS) is 9.00. The van der Waals surface area contributed by atoms with E-state index in [0.29, 0.717) is 6.61 Å². The molecular weight excluding hydrogens is 267 g/mol. The van der Waals surface area contributed by atoms with Crippen molar-refractivity contribution in [2.24, 2.45) is 0 Å². The first-order chi connectivity index (χ1) is 3.91. The van der Waals surface area contributed by atoms with Gasteiger partial charge in [0.1, 0.15) is 6.61 Å². The zero-order valence-electron chi connectivity index (χ0n) is 5.64. The van der Waals surface area contributed by atoms with Crippen molar-refractivity contribution in [2.45, 2.75) is 26.2 Å². The first kappa shape index (κ1) is 13.0. The molecule has 4 heteroatoms. The summed E-state index contributed by atoms with van der Waals surface area (Å²) in [6, 6.07) is 0. The monoisotopic (exact) mass is 277 g/mol. The van der Waals surface area contributed by atoms with E-state index in [2.05, 4.69) is 11.4 Å². The molecule has 0 bridgehead atoms. The number of rotatable bonds is 5. The van der Waals surface area contributed by atoms with Gasteiger partial charge in [0.25, 0.3) is 0 Å². The second kappa shape index (κ2) is 12.1. The van der Waals surface area contributed by atoms with Crippen LogP contribution in [-0.4, -0.2) is 6.61 Å². The van der Waals surface area contributed by atoms with Crippen molar-refractivity contribution in [3.8, 4) is 0 Å². The molecule has 9 heavy (non-hydrogen) atoms. The minimum atomic E-state index is -0.581. The molecule has 0 spiro atoms. The van der Waals surface area contributed by atoms with Gasteiger partial charge in [-0.25, -0.2) is 0 Å². The maximum atomic E-state index is 9.70. The molecule has 0 aliphatic carbocycles. The van der Waals surface area contributed by atoms with E-state index < -0.39 is 8.69 Å². The SMILES string of the molecule is CCCCCO[PH+]=O.[Nd]. The predicted octanol–water partition coefficient (Wildman–Crippen LogP) is 2.13. The van der Waals surface area contributed by atoms with Crippen LogP contribution >= 0.6 is 8.69 Å². The van der Waals surface area contributed by atoms with E-state index in [1.165, 1.54) is 12.8 Å². The van der Waals surface area contributed by atoms with Crippen LogP contribution < -0.4 is 0 Å². The Morgan fingerprint density at radius 2 is 2.11 bits per heavy atom. The summed E-state index contributed by atoms with van der Waals surface area (Å²) in [5.74, 6) is 0. The van der Waals surface area contributed by atoms with Crippen molar-refractivity contribution in [1.82, 2.24) is 0 Å². The van der Waals surface area contributed by atoms with E-state index in [4.69, 9.17) is 0 Å². The Morgan fingerprint density at radius 3 is 2.56 bits per heavy atom. The Bertz CT molecular complexity index is 60.9. The second-order valence-corrected chi connectivity index (χ2v) is 2.09. The van der Waals surface area contributed by atoms with E-state index in [1.54, 1.807) is 0 Å². The zero-order chi connectivity index (χ0) is 6.24. The van der Waals surface area contributed by atoms with Crippen LogP contribution in [0.25, 0.3) is 0 Å². The van der Waals surface area contributed by atoms with Gasteiger partial charge in [-0.2, -0.15) is 0 Å². The van der Waals surface area contributed by atoms with Crippen molar-refractivity contribution in [3.63, 3.8) is 0 Å². The van der Waals surface area contributed by atoms with Crippen molar-refractivity contribution < 1.29 is 49.9 Å². The number of unbranched alkanes of at least 4 members (excludes halogenated alkanes) is 2. The summed E-state index contributed by atoms with van der Waals surface area (Å²) < 4.78 is 14.3. The molecule has 0 rings (SSSR count). The summed E-state index contributed by atoms with van der Waals surface area (Å²) in [7, 11) is -0.581. The van der Waals surface area contributed by atoms with Crippen LogP contribution in [0, 0.1) is 40.8 Å². The van der Waals surface area contributed by atoms with Gasteiger partial charge >= 0.3 is 8.69 Å². The van der Waals surface area contributed by atoms with Gasteiger partial charge in [-0.1, -0.05) is 19.8 Å². The molecular formula is C5H12NdO2P+. The summed E-state index contributed by atoms with van der Waals surface area (Å²) in [5.41, 5.74) is 0. The molecule has 0 aliphatic rings.